The molecule has 0 N–H and O–H groups in total. The minimum atomic E-state index is 0.186. The number of ether oxygens (including phenoxy) is 5. The summed E-state index contributed by atoms with van der Waals surface area (Å²) in [6.45, 7) is 47.3. The summed E-state index contributed by atoms with van der Waals surface area (Å²) in [6.07, 6.45) is 6.80. The fourth-order valence-electron chi connectivity index (χ4n) is 12.2. The van der Waals surface area contributed by atoms with Gasteiger partial charge in [-0.3, -0.25) is 0 Å². The Morgan fingerprint density at radius 1 is 0.290 bits per heavy atom. The maximum atomic E-state index is 6.05. The summed E-state index contributed by atoms with van der Waals surface area (Å²) in [5.41, 5.74) is 15.6. The van der Waals surface area contributed by atoms with Crippen molar-refractivity contribution in [3.63, 3.8) is 0 Å². The van der Waals surface area contributed by atoms with Crippen LogP contribution in [0.1, 0.15) is 178 Å². The molecule has 0 aliphatic rings. The van der Waals surface area contributed by atoms with Gasteiger partial charge in [0.25, 0.3) is 0 Å². The standard InChI is InChI=1S/C20H20O.2C19H24O.C16H18O.C15H18.C13H20O/c1-15(2)14-16-10-12-18(13-11-16)21-20-9-5-7-17-6-3-4-8-19(17)20;2*1-13(2)10-17-6-8-18(9-7-17)20-19-11-14(3)16(5)15(4)12-19;1-16(2,3)13-9-11-15(12-10-13)17-14-7-5-4-6-8-14;1-15(2,3)11-12-8-9-13-6-4-5-7-14(13)10-12;1-13(2,3)10-7-11-14-12-8-5-4-6-9-12/h3-13,15H,14H2,1-2H3;2*6-9,11-13H,10H2,1-5H3;4-12H,1-3H3;4-10H,11H2,1-3H3;4-6,8-9H,7,10-11H2,1-3H3. The number of hydrogen-bond donors (Lipinski definition) is 0. The summed E-state index contributed by atoms with van der Waals surface area (Å²) in [7, 11) is 0. The van der Waals surface area contributed by atoms with E-state index in [9.17, 15) is 0 Å². The van der Waals surface area contributed by atoms with Crippen LogP contribution in [0.4, 0.5) is 0 Å². The monoisotopic (exact) mass is 1430 g/mol. The van der Waals surface area contributed by atoms with Crippen molar-refractivity contribution in [2.75, 3.05) is 6.61 Å². The average molecular weight is 1430 g/mol. The van der Waals surface area contributed by atoms with Gasteiger partial charge in [0.15, 0.2) is 0 Å². The topological polar surface area (TPSA) is 46.2 Å². The second kappa shape index (κ2) is 41.3. The number of para-hydroxylation sites is 2. The molecular formula is C102H124O5. The van der Waals surface area contributed by atoms with Crippen LogP contribution in [-0.4, -0.2) is 6.61 Å². The van der Waals surface area contributed by atoms with E-state index in [1.54, 1.807) is 0 Å². The molecular weight excluding hydrogens is 1310 g/mol. The summed E-state index contributed by atoms with van der Waals surface area (Å²) in [4.78, 5) is 0. The van der Waals surface area contributed by atoms with Gasteiger partial charge in [-0.15, -0.1) is 0 Å². The van der Waals surface area contributed by atoms with Crippen molar-refractivity contribution in [2.45, 2.75) is 189 Å². The number of hydrogen-bond acceptors (Lipinski definition) is 5. The van der Waals surface area contributed by atoms with Gasteiger partial charge in [0, 0.05) is 5.39 Å². The van der Waals surface area contributed by atoms with Crippen molar-refractivity contribution in [3.05, 3.63) is 328 Å². The van der Waals surface area contributed by atoms with E-state index >= 15 is 0 Å². The third-order valence-electron chi connectivity index (χ3n) is 18.3. The Balaban J connectivity index is 0.000000180. The predicted molar refractivity (Wildman–Crippen MR) is 460 cm³/mol. The summed E-state index contributed by atoms with van der Waals surface area (Å²) < 4.78 is 29.3. The van der Waals surface area contributed by atoms with Gasteiger partial charge in [-0.25, -0.2) is 0 Å². The van der Waals surface area contributed by atoms with Crippen LogP contribution in [0.5, 0.6) is 51.7 Å². The molecule has 12 aromatic carbocycles. The van der Waals surface area contributed by atoms with Gasteiger partial charge in [0.2, 0.25) is 0 Å². The Labute approximate surface area is 645 Å². The Morgan fingerprint density at radius 3 is 1.07 bits per heavy atom. The molecule has 0 heterocycles. The van der Waals surface area contributed by atoms with Gasteiger partial charge in [0.05, 0.1) is 6.61 Å². The van der Waals surface area contributed by atoms with E-state index < -0.39 is 0 Å². The molecule has 0 fully saturated rings. The van der Waals surface area contributed by atoms with Crippen LogP contribution in [0.3, 0.4) is 0 Å². The molecule has 0 unspecified atom stereocenters. The molecule has 0 saturated carbocycles. The number of rotatable bonds is 19. The molecule has 12 aromatic rings. The molecule has 0 atom stereocenters. The fraction of sp³-hybridized carbons (Fsp3) is 0.333. The Kier molecular flexibility index (Phi) is 32.6. The third-order valence-corrected chi connectivity index (χ3v) is 18.3. The molecule has 0 aromatic heterocycles. The number of benzene rings is 12. The average Bonchev–Trinajstić information content (AvgIpc) is 0.839. The molecule has 0 aliphatic heterocycles. The van der Waals surface area contributed by atoms with Crippen LogP contribution in [0.15, 0.2) is 267 Å². The highest BCUT2D eigenvalue weighted by atomic mass is 16.5. The Bertz CT molecular complexity index is 4400. The molecule has 0 spiro atoms. The summed E-state index contributed by atoms with van der Waals surface area (Å²) in [5.74, 6) is 10.2. The molecule has 0 bridgehead atoms. The number of fused-ring (bicyclic) bond motifs is 2. The van der Waals surface area contributed by atoms with Crippen LogP contribution in [0, 0.1) is 70.1 Å². The van der Waals surface area contributed by atoms with Gasteiger partial charge >= 0.3 is 0 Å². The molecule has 562 valence electrons. The second-order valence-electron chi connectivity index (χ2n) is 33.3. The minimum absolute atomic E-state index is 0.186. The largest absolute Gasteiger partial charge is 0.494 e. The van der Waals surface area contributed by atoms with Crippen LogP contribution >= 0.6 is 0 Å². The second-order valence-corrected chi connectivity index (χ2v) is 33.3. The zero-order chi connectivity index (χ0) is 77.7. The first-order valence-electron chi connectivity index (χ1n) is 38.7. The van der Waals surface area contributed by atoms with Gasteiger partial charge in [-0.1, -0.05) is 268 Å². The molecule has 0 amide bonds. The number of aryl methyl sites for hydroxylation is 4. The van der Waals surface area contributed by atoms with Gasteiger partial charge < -0.3 is 23.7 Å². The van der Waals surface area contributed by atoms with E-state index in [1.165, 1.54) is 83.8 Å². The van der Waals surface area contributed by atoms with Crippen molar-refractivity contribution in [3.8, 4) is 51.7 Å². The summed E-state index contributed by atoms with van der Waals surface area (Å²) >= 11 is 0. The van der Waals surface area contributed by atoms with Crippen molar-refractivity contribution >= 4 is 21.5 Å². The quantitative estimate of drug-likeness (QED) is 0.0755. The lowest BCUT2D eigenvalue weighted by Gasteiger charge is -2.19. The van der Waals surface area contributed by atoms with Crippen LogP contribution in [0.25, 0.3) is 21.5 Å². The van der Waals surface area contributed by atoms with Gasteiger partial charge in [-0.2, -0.15) is 0 Å². The molecule has 0 saturated heterocycles. The van der Waals surface area contributed by atoms with E-state index in [0.717, 1.165) is 95.8 Å². The van der Waals surface area contributed by atoms with Crippen LogP contribution in [0.2, 0.25) is 0 Å². The maximum Gasteiger partial charge on any atom is 0.135 e. The van der Waals surface area contributed by atoms with Crippen molar-refractivity contribution in [1.29, 1.82) is 0 Å². The van der Waals surface area contributed by atoms with E-state index in [0.29, 0.717) is 28.6 Å². The fourth-order valence-corrected chi connectivity index (χ4v) is 12.2. The first-order valence-corrected chi connectivity index (χ1v) is 38.7. The predicted octanol–water partition coefficient (Wildman–Crippen LogP) is 30.1. The molecule has 107 heavy (non-hydrogen) atoms. The van der Waals surface area contributed by atoms with Crippen molar-refractivity contribution in [2.24, 2.45) is 28.6 Å². The lowest BCUT2D eigenvalue weighted by Crippen LogP contribution is -2.10. The zero-order valence-electron chi connectivity index (χ0n) is 68.6. The van der Waals surface area contributed by atoms with E-state index in [-0.39, 0.29) is 5.41 Å². The smallest absolute Gasteiger partial charge is 0.135 e. The van der Waals surface area contributed by atoms with E-state index in [1.807, 2.05) is 97.1 Å². The summed E-state index contributed by atoms with van der Waals surface area (Å²) in [6, 6.07) is 91.5. The summed E-state index contributed by atoms with van der Waals surface area (Å²) in [5, 5.41) is 5.02. The Morgan fingerprint density at radius 2 is 0.645 bits per heavy atom. The van der Waals surface area contributed by atoms with Gasteiger partial charge in [0.1, 0.15) is 51.7 Å². The maximum absolute atomic E-state index is 6.05. The molecule has 5 nitrogen and oxygen atoms in total. The lowest BCUT2D eigenvalue weighted by molar-refractivity contribution is 0.269. The van der Waals surface area contributed by atoms with E-state index in [2.05, 4.69) is 315 Å². The molecule has 12 rings (SSSR count). The SMILES string of the molecule is CC(C)(C)CCCOc1ccccc1.CC(C)(C)Cc1ccc2ccccc2c1.CC(C)(C)c1ccc(Oc2ccccc2)cc1.CC(C)Cc1ccc(Oc2cccc3ccccc23)cc1.Cc1cc(Oc2ccc(CC(C)C)cc2)cc(C)c1C.Cc1cc(Oc2ccc(CC(C)C)cc2)cc(C)c1C. The van der Waals surface area contributed by atoms with Crippen LogP contribution in [-0.2, 0) is 31.1 Å². The third kappa shape index (κ3) is 30.9. The molecule has 0 radical (unpaired) electrons. The highest BCUT2D eigenvalue weighted by Gasteiger charge is 2.15. The first kappa shape index (κ1) is 84.4. The van der Waals surface area contributed by atoms with Crippen molar-refractivity contribution < 1.29 is 23.7 Å². The molecule has 5 heteroatoms. The Hall–Kier alpha value is -9.84. The first-order chi connectivity index (χ1) is 50.8. The zero-order valence-corrected chi connectivity index (χ0v) is 68.6. The van der Waals surface area contributed by atoms with Gasteiger partial charge in [-0.05, 0) is 295 Å². The van der Waals surface area contributed by atoms with E-state index in [4.69, 9.17) is 23.7 Å². The van der Waals surface area contributed by atoms with Crippen molar-refractivity contribution in [1.82, 2.24) is 0 Å². The molecule has 0 aliphatic carbocycles. The van der Waals surface area contributed by atoms with Crippen LogP contribution < -0.4 is 23.7 Å². The normalized spacial score (nSPS) is 11.2. The lowest BCUT2D eigenvalue weighted by atomic mass is 9.87. The highest BCUT2D eigenvalue weighted by molar-refractivity contribution is 5.88. The minimum Gasteiger partial charge on any atom is -0.494 e. The highest BCUT2D eigenvalue weighted by Crippen LogP contribution is 2.33.